The first-order valence-electron chi connectivity index (χ1n) is 15.1. The van der Waals surface area contributed by atoms with E-state index in [9.17, 15) is 14.7 Å². The number of nitrogens with zero attached hydrogens (tertiary/aromatic N) is 2. The van der Waals surface area contributed by atoms with Crippen LogP contribution in [0.5, 0.6) is 0 Å². The van der Waals surface area contributed by atoms with E-state index in [0.717, 1.165) is 27.9 Å². The van der Waals surface area contributed by atoms with Crippen LogP contribution < -0.4 is 11.1 Å². The minimum Gasteiger partial charge on any atom is -0.390 e. The van der Waals surface area contributed by atoms with Crippen molar-refractivity contribution in [1.29, 1.82) is 0 Å². The van der Waals surface area contributed by atoms with Gasteiger partial charge in [-0.25, -0.2) is 0 Å². The van der Waals surface area contributed by atoms with Gasteiger partial charge in [0, 0.05) is 42.6 Å². The van der Waals surface area contributed by atoms with E-state index in [-0.39, 0.29) is 11.8 Å². The number of nitrogens with one attached hydrogen (secondary N) is 1. The monoisotopic (exact) mass is 570 g/mol. The molecule has 1 aromatic heterocycles. The minimum atomic E-state index is -0.686. The van der Waals surface area contributed by atoms with Gasteiger partial charge in [0.05, 0.1) is 23.2 Å². The first-order chi connectivity index (χ1) is 19.9. The molecule has 2 amide bonds. The lowest BCUT2D eigenvalue weighted by Gasteiger charge is -2.49. The number of benzene rings is 2. The Morgan fingerprint density at radius 1 is 1.00 bits per heavy atom. The van der Waals surface area contributed by atoms with Crippen LogP contribution in [0.25, 0.3) is 22.4 Å². The molecule has 4 N–H and O–H groups in total. The summed E-state index contributed by atoms with van der Waals surface area (Å²) in [4.78, 5) is 29.7. The van der Waals surface area contributed by atoms with Crippen LogP contribution in [0, 0.1) is 5.92 Å². The van der Waals surface area contributed by atoms with Crippen LogP contribution in [-0.4, -0.2) is 45.5 Å². The molecule has 3 aromatic rings. The van der Waals surface area contributed by atoms with Crippen LogP contribution in [0.1, 0.15) is 78.2 Å². The highest BCUT2D eigenvalue weighted by atomic mass is 16.3. The smallest absolute Gasteiger partial charge is 0.225 e. The van der Waals surface area contributed by atoms with Crippen LogP contribution in [0.15, 0.2) is 66.9 Å². The largest absolute Gasteiger partial charge is 0.390 e. The maximum Gasteiger partial charge on any atom is 0.225 e. The number of aliphatic hydroxyl groups is 1. The molecule has 1 heterocycles. The summed E-state index contributed by atoms with van der Waals surface area (Å²) in [7, 11) is 1.96. The van der Waals surface area contributed by atoms with Gasteiger partial charge in [0.25, 0.3) is 0 Å². The summed E-state index contributed by atoms with van der Waals surface area (Å²) in [5.41, 5.74) is 10.7. The Balaban J connectivity index is 0.000000262. The molecule has 42 heavy (non-hydrogen) atoms. The Bertz CT molecular complexity index is 1350. The highest BCUT2D eigenvalue weighted by Crippen LogP contribution is 2.46. The Labute approximate surface area is 250 Å². The SMILES string of the molecule is CC(=O)Nc1cnc(-c2ccc(C3(N)CC(C)(O)C3)cc2)c(-c2ccccc2)c1.CC(C)C(=O)N(C)C1CCCCC1. The lowest BCUT2D eigenvalue weighted by Crippen LogP contribution is -2.58. The molecule has 0 saturated heterocycles. The third kappa shape index (κ3) is 7.64. The standard InChI is InChI=1S/C24H25N3O2.C11H21NO/c1-16(28)27-20-12-21(17-6-4-3-5-7-17)22(26-13-20)18-8-10-19(11-9-18)24(25)14-23(2,29)15-24;1-9(2)11(13)12(3)10-7-5-4-6-8-10/h3-13,29H,14-15,25H2,1-2H3,(H,27,28);9-10H,4-8H2,1-3H3. The van der Waals surface area contributed by atoms with Gasteiger partial charge < -0.3 is 21.1 Å². The molecule has 7 heteroatoms. The number of amides is 2. The molecule has 2 saturated carbocycles. The number of carbonyl (C=O) groups excluding carboxylic acids is 2. The Hall–Kier alpha value is -3.55. The summed E-state index contributed by atoms with van der Waals surface area (Å²) < 4.78 is 0. The van der Waals surface area contributed by atoms with E-state index in [1.54, 1.807) is 6.20 Å². The van der Waals surface area contributed by atoms with Crippen molar-refractivity contribution < 1.29 is 14.7 Å². The quantitative estimate of drug-likeness (QED) is 0.313. The molecular formula is C35H46N4O3. The molecule has 2 fully saturated rings. The fourth-order valence-corrected chi connectivity index (χ4v) is 6.33. The predicted octanol–water partition coefficient (Wildman–Crippen LogP) is 6.51. The number of hydrogen-bond acceptors (Lipinski definition) is 5. The third-order valence-corrected chi connectivity index (χ3v) is 8.38. The summed E-state index contributed by atoms with van der Waals surface area (Å²) in [6.45, 7) is 7.25. The lowest BCUT2D eigenvalue weighted by molar-refractivity contribution is -0.135. The maximum absolute atomic E-state index is 11.7. The number of aromatic nitrogens is 1. The lowest BCUT2D eigenvalue weighted by atomic mass is 9.63. The molecule has 2 aliphatic carbocycles. The van der Waals surface area contributed by atoms with Crippen LogP contribution in [0.2, 0.25) is 0 Å². The van der Waals surface area contributed by atoms with Gasteiger partial charge in [0.1, 0.15) is 0 Å². The van der Waals surface area contributed by atoms with E-state index in [1.807, 2.05) is 93.4 Å². The molecule has 0 bridgehead atoms. The zero-order valence-electron chi connectivity index (χ0n) is 25.7. The van der Waals surface area contributed by atoms with Gasteiger partial charge in [-0.05, 0) is 49.8 Å². The molecular weight excluding hydrogens is 524 g/mol. The molecule has 0 atom stereocenters. The molecule has 0 radical (unpaired) electrons. The van der Waals surface area contributed by atoms with Crippen LogP contribution >= 0.6 is 0 Å². The molecule has 2 aromatic carbocycles. The molecule has 0 aliphatic heterocycles. The fraction of sp³-hybridized carbons (Fsp3) is 0.457. The average Bonchev–Trinajstić information content (AvgIpc) is 2.96. The summed E-state index contributed by atoms with van der Waals surface area (Å²) in [6.07, 6.45) is 9.12. The van der Waals surface area contributed by atoms with E-state index < -0.39 is 11.1 Å². The molecule has 5 rings (SSSR count). The second kappa shape index (κ2) is 13.2. The van der Waals surface area contributed by atoms with Crippen LogP contribution in [0.3, 0.4) is 0 Å². The van der Waals surface area contributed by atoms with Gasteiger partial charge in [0.2, 0.25) is 11.8 Å². The molecule has 2 aliphatic rings. The van der Waals surface area contributed by atoms with Crippen molar-refractivity contribution in [3.63, 3.8) is 0 Å². The van der Waals surface area contributed by atoms with Gasteiger partial charge in [-0.1, -0.05) is 87.7 Å². The van der Waals surface area contributed by atoms with E-state index >= 15 is 0 Å². The van der Waals surface area contributed by atoms with Crippen molar-refractivity contribution in [3.05, 3.63) is 72.4 Å². The molecule has 224 valence electrons. The average molecular weight is 571 g/mol. The Kier molecular flexibility index (Phi) is 9.85. The van der Waals surface area contributed by atoms with Gasteiger partial charge in [-0.3, -0.25) is 14.6 Å². The second-order valence-corrected chi connectivity index (χ2v) is 12.6. The highest BCUT2D eigenvalue weighted by molar-refractivity contribution is 5.91. The maximum atomic E-state index is 11.7. The second-order valence-electron chi connectivity index (χ2n) is 12.6. The van der Waals surface area contributed by atoms with Crippen molar-refractivity contribution in [3.8, 4) is 22.4 Å². The highest BCUT2D eigenvalue weighted by Gasteiger charge is 2.49. The zero-order valence-corrected chi connectivity index (χ0v) is 25.7. The van der Waals surface area contributed by atoms with Gasteiger partial charge in [-0.2, -0.15) is 0 Å². The summed E-state index contributed by atoms with van der Waals surface area (Å²) >= 11 is 0. The Morgan fingerprint density at radius 3 is 2.17 bits per heavy atom. The van der Waals surface area contributed by atoms with Crippen molar-refractivity contribution >= 4 is 17.5 Å². The fourth-order valence-electron chi connectivity index (χ4n) is 6.33. The van der Waals surface area contributed by atoms with Crippen LogP contribution in [0.4, 0.5) is 5.69 Å². The topological polar surface area (TPSA) is 109 Å². The van der Waals surface area contributed by atoms with Crippen molar-refractivity contribution in [2.75, 3.05) is 12.4 Å². The summed E-state index contributed by atoms with van der Waals surface area (Å²) in [5.74, 6) is 0.311. The first kappa shape index (κ1) is 31.4. The number of carbonyl (C=O) groups is 2. The summed E-state index contributed by atoms with van der Waals surface area (Å²) in [5, 5.41) is 12.9. The Morgan fingerprint density at radius 2 is 1.62 bits per heavy atom. The van der Waals surface area contributed by atoms with Crippen molar-refractivity contribution in [2.45, 2.75) is 89.8 Å². The predicted molar refractivity (Wildman–Crippen MR) is 170 cm³/mol. The van der Waals surface area contributed by atoms with Gasteiger partial charge >= 0.3 is 0 Å². The molecule has 0 unspecified atom stereocenters. The van der Waals surface area contributed by atoms with E-state index in [4.69, 9.17) is 5.73 Å². The number of nitrogens with two attached hydrogens (primary N) is 1. The molecule has 0 spiro atoms. The third-order valence-electron chi connectivity index (χ3n) is 8.38. The van der Waals surface area contributed by atoms with E-state index in [1.165, 1.54) is 39.0 Å². The van der Waals surface area contributed by atoms with Crippen LogP contribution in [-0.2, 0) is 15.1 Å². The van der Waals surface area contributed by atoms with E-state index in [2.05, 4.69) is 10.3 Å². The van der Waals surface area contributed by atoms with Gasteiger partial charge in [0.15, 0.2) is 0 Å². The van der Waals surface area contributed by atoms with Crippen molar-refractivity contribution in [2.24, 2.45) is 11.7 Å². The number of rotatable bonds is 6. The van der Waals surface area contributed by atoms with Crippen molar-refractivity contribution in [1.82, 2.24) is 9.88 Å². The zero-order chi connectivity index (χ0) is 30.5. The minimum absolute atomic E-state index is 0.132. The van der Waals surface area contributed by atoms with Gasteiger partial charge in [-0.15, -0.1) is 0 Å². The summed E-state index contributed by atoms with van der Waals surface area (Å²) in [6, 6.07) is 20.5. The number of hydrogen-bond donors (Lipinski definition) is 3. The molecule has 7 nitrogen and oxygen atoms in total. The normalized spacial score (nSPS) is 22.0. The first-order valence-corrected chi connectivity index (χ1v) is 15.1. The number of pyridine rings is 1. The number of anilines is 1. The van der Waals surface area contributed by atoms with E-state index in [0.29, 0.717) is 30.5 Å².